The van der Waals surface area contributed by atoms with Crippen molar-refractivity contribution in [3.8, 4) is 0 Å². The van der Waals surface area contributed by atoms with Gasteiger partial charge in [-0.25, -0.2) is 13.1 Å². The summed E-state index contributed by atoms with van der Waals surface area (Å²) in [6.07, 6.45) is -0.563. The van der Waals surface area contributed by atoms with E-state index in [0.717, 1.165) is 44.1 Å². The minimum Gasteiger partial charge on any atom is -0.352 e. The lowest BCUT2D eigenvalue weighted by Gasteiger charge is -2.32. The number of nitrogens with zero attached hydrogens (tertiary/aromatic N) is 1. The number of sulfonamides is 1. The van der Waals surface area contributed by atoms with Gasteiger partial charge in [-0.1, -0.05) is 6.07 Å². The van der Waals surface area contributed by atoms with Crippen LogP contribution >= 0.6 is 0 Å². The molecule has 1 aromatic carbocycles. The molecule has 150 valence electrons. The Morgan fingerprint density at radius 3 is 2.41 bits per heavy atom. The molecule has 0 spiro atoms. The normalized spacial score (nSPS) is 19.8. The number of likely N-dealkylation sites (tertiary alicyclic amines) is 1. The summed E-state index contributed by atoms with van der Waals surface area (Å²) in [7, 11) is -4.21. The number of amides is 1. The number of carbonyl (C=O) groups excluding carboxylic acids is 1. The van der Waals surface area contributed by atoms with Crippen LogP contribution in [-0.2, 0) is 21.0 Å². The highest BCUT2D eigenvalue weighted by molar-refractivity contribution is 7.89. The Labute approximate surface area is 156 Å². The minimum atomic E-state index is -4.64. The van der Waals surface area contributed by atoms with Crippen LogP contribution in [-0.4, -0.2) is 50.9 Å². The Hall–Kier alpha value is -1.65. The van der Waals surface area contributed by atoms with Crippen LogP contribution in [0.25, 0.3) is 0 Å². The van der Waals surface area contributed by atoms with Crippen molar-refractivity contribution in [1.82, 2.24) is 14.9 Å². The standard InChI is InChI=1S/C17H22F3N3O3S/c18-17(19,20)12-2-1-3-15(10-12)27(25,26)21-11-16(24)22-13-6-8-23(9-7-13)14-4-5-14/h1-3,10,13-14,21H,4-9,11H2,(H,22,24). The quantitative estimate of drug-likeness (QED) is 0.756. The predicted molar refractivity (Wildman–Crippen MR) is 92.4 cm³/mol. The van der Waals surface area contributed by atoms with Gasteiger partial charge in [0.05, 0.1) is 17.0 Å². The molecule has 1 heterocycles. The number of carbonyl (C=O) groups is 1. The zero-order valence-electron chi connectivity index (χ0n) is 14.6. The van der Waals surface area contributed by atoms with Crippen molar-refractivity contribution >= 4 is 15.9 Å². The lowest BCUT2D eigenvalue weighted by Crippen LogP contribution is -2.47. The van der Waals surface area contributed by atoms with Gasteiger partial charge in [0.15, 0.2) is 0 Å². The van der Waals surface area contributed by atoms with E-state index < -0.39 is 39.1 Å². The molecule has 27 heavy (non-hydrogen) atoms. The first kappa shape index (κ1) is 20.1. The first-order valence-corrected chi connectivity index (χ1v) is 10.3. The molecule has 1 aromatic rings. The Morgan fingerprint density at radius 1 is 1.15 bits per heavy atom. The SMILES string of the molecule is O=C(CNS(=O)(=O)c1cccc(C(F)(F)F)c1)NC1CCN(C2CC2)CC1. The van der Waals surface area contributed by atoms with Crippen molar-refractivity contribution in [2.75, 3.05) is 19.6 Å². The first-order valence-electron chi connectivity index (χ1n) is 8.85. The third-order valence-electron chi connectivity index (χ3n) is 4.85. The molecule has 6 nitrogen and oxygen atoms in total. The van der Waals surface area contributed by atoms with E-state index in [4.69, 9.17) is 0 Å². The van der Waals surface area contributed by atoms with Gasteiger partial charge >= 0.3 is 6.18 Å². The Kier molecular flexibility index (Phi) is 5.78. The number of halogens is 3. The van der Waals surface area contributed by atoms with E-state index in [1.807, 2.05) is 0 Å². The van der Waals surface area contributed by atoms with Gasteiger partial charge in [0.2, 0.25) is 15.9 Å². The Morgan fingerprint density at radius 2 is 1.81 bits per heavy atom. The molecule has 0 aromatic heterocycles. The van der Waals surface area contributed by atoms with E-state index in [-0.39, 0.29) is 6.04 Å². The van der Waals surface area contributed by atoms with E-state index in [2.05, 4.69) is 14.9 Å². The van der Waals surface area contributed by atoms with Crippen LogP contribution in [0.1, 0.15) is 31.2 Å². The maximum absolute atomic E-state index is 12.7. The van der Waals surface area contributed by atoms with Gasteiger partial charge in [-0.15, -0.1) is 0 Å². The highest BCUT2D eigenvalue weighted by atomic mass is 32.2. The second-order valence-corrected chi connectivity index (χ2v) is 8.73. The van der Waals surface area contributed by atoms with Gasteiger partial charge in [-0.05, 0) is 43.9 Å². The van der Waals surface area contributed by atoms with Gasteiger partial charge in [0, 0.05) is 25.2 Å². The number of benzene rings is 1. The highest BCUT2D eigenvalue weighted by Gasteiger charge is 2.33. The van der Waals surface area contributed by atoms with Crippen LogP contribution in [0.3, 0.4) is 0 Å². The average Bonchev–Trinajstić information content (AvgIpc) is 3.45. The smallest absolute Gasteiger partial charge is 0.352 e. The van der Waals surface area contributed by atoms with Crippen molar-refractivity contribution in [2.24, 2.45) is 0 Å². The summed E-state index contributed by atoms with van der Waals surface area (Å²) >= 11 is 0. The Balaban J connectivity index is 1.50. The number of piperidine rings is 1. The summed E-state index contributed by atoms with van der Waals surface area (Å²) in [6, 6.07) is 4.09. The number of nitrogens with one attached hydrogen (secondary N) is 2. The number of rotatable bonds is 6. The molecule has 0 bridgehead atoms. The predicted octanol–water partition coefficient (Wildman–Crippen LogP) is 1.73. The van der Waals surface area contributed by atoms with Crippen LogP contribution < -0.4 is 10.0 Å². The maximum Gasteiger partial charge on any atom is 0.416 e. The fourth-order valence-corrected chi connectivity index (χ4v) is 4.24. The summed E-state index contributed by atoms with van der Waals surface area (Å²) in [4.78, 5) is 13.9. The summed E-state index contributed by atoms with van der Waals surface area (Å²) in [6.45, 7) is 1.30. The third kappa shape index (κ3) is 5.43. The molecule has 10 heteroatoms. The maximum atomic E-state index is 12.7. The molecule has 2 N–H and O–H groups in total. The van der Waals surface area contributed by atoms with Gasteiger partial charge in [0.25, 0.3) is 0 Å². The lowest BCUT2D eigenvalue weighted by atomic mass is 10.0. The van der Waals surface area contributed by atoms with Crippen LogP contribution in [0.15, 0.2) is 29.2 Å². The molecular weight excluding hydrogens is 383 g/mol. The van der Waals surface area contributed by atoms with Crippen molar-refractivity contribution in [2.45, 2.75) is 48.8 Å². The fraction of sp³-hybridized carbons (Fsp3) is 0.588. The van der Waals surface area contributed by atoms with E-state index in [1.165, 1.54) is 12.8 Å². The van der Waals surface area contributed by atoms with Crippen LogP contribution in [0.4, 0.5) is 13.2 Å². The number of alkyl halides is 3. The van der Waals surface area contributed by atoms with Gasteiger partial charge in [0.1, 0.15) is 0 Å². The summed E-state index contributed by atoms with van der Waals surface area (Å²) in [5.41, 5.74) is -1.06. The van der Waals surface area contributed by atoms with Crippen molar-refractivity contribution < 1.29 is 26.4 Å². The largest absolute Gasteiger partial charge is 0.416 e. The Bertz CT molecular complexity index is 786. The van der Waals surface area contributed by atoms with Crippen molar-refractivity contribution in [1.29, 1.82) is 0 Å². The van der Waals surface area contributed by atoms with Crippen LogP contribution in [0.5, 0.6) is 0 Å². The third-order valence-corrected chi connectivity index (χ3v) is 6.25. The summed E-state index contributed by atoms with van der Waals surface area (Å²) in [5, 5.41) is 2.79. The molecule has 1 amide bonds. The molecule has 2 fully saturated rings. The zero-order valence-corrected chi connectivity index (χ0v) is 15.4. The minimum absolute atomic E-state index is 0.00874. The van der Waals surface area contributed by atoms with Gasteiger partial charge in [-0.2, -0.15) is 13.2 Å². The molecule has 1 saturated carbocycles. The van der Waals surface area contributed by atoms with Crippen LogP contribution in [0.2, 0.25) is 0 Å². The number of hydrogen-bond acceptors (Lipinski definition) is 4. The summed E-state index contributed by atoms with van der Waals surface area (Å²) in [5.74, 6) is -0.490. The van der Waals surface area contributed by atoms with E-state index in [9.17, 15) is 26.4 Å². The van der Waals surface area contributed by atoms with Gasteiger partial charge in [-0.3, -0.25) is 4.79 Å². The second-order valence-electron chi connectivity index (χ2n) is 6.96. The monoisotopic (exact) mass is 405 g/mol. The molecule has 0 radical (unpaired) electrons. The summed E-state index contributed by atoms with van der Waals surface area (Å²) < 4.78 is 64.6. The second kappa shape index (κ2) is 7.76. The van der Waals surface area contributed by atoms with E-state index in [1.54, 1.807) is 0 Å². The van der Waals surface area contributed by atoms with Crippen LogP contribution in [0, 0.1) is 0 Å². The molecule has 1 saturated heterocycles. The van der Waals surface area contributed by atoms with E-state index >= 15 is 0 Å². The number of hydrogen-bond donors (Lipinski definition) is 2. The van der Waals surface area contributed by atoms with Crippen molar-refractivity contribution in [3.63, 3.8) is 0 Å². The molecule has 1 aliphatic carbocycles. The molecule has 3 rings (SSSR count). The van der Waals surface area contributed by atoms with Crippen molar-refractivity contribution in [3.05, 3.63) is 29.8 Å². The first-order chi connectivity index (χ1) is 12.6. The highest BCUT2D eigenvalue weighted by Crippen LogP contribution is 2.30. The molecule has 0 unspecified atom stereocenters. The van der Waals surface area contributed by atoms with Gasteiger partial charge < -0.3 is 10.2 Å². The molecule has 2 aliphatic rings. The zero-order chi connectivity index (χ0) is 19.7. The lowest BCUT2D eigenvalue weighted by molar-refractivity contribution is -0.137. The molecule has 0 atom stereocenters. The van der Waals surface area contributed by atoms with E-state index in [0.29, 0.717) is 12.1 Å². The fourth-order valence-electron chi connectivity index (χ4n) is 3.21. The topological polar surface area (TPSA) is 78.5 Å². The molecule has 1 aliphatic heterocycles. The average molecular weight is 405 g/mol. The molecular formula is C17H22F3N3O3S.